The van der Waals surface area contributed by atoms with Gasteiger partial charge in [0, 0.05) is 18.8 Å². The van der Waals surface area contributed by atoms with Crippen molar-refractivity contribution >= 4 is 11.7 Å². The van der Waals surface area contributed by atoms with Crippen molar-refractivity contribution in [2.45, 2.75) is 0 Å². The second-order valence-electron chi connectivity index (χ2n) is 2.25. The van der Waals surface area contributed by atoms with Crippen molar-refractivity contribution in [3.63, 3.8) is 0 Å². The van der Waals surface area contributed by atoms with Gasteiger partial charge in [0.1, 0.15) is 5.75 Å². The van der Waals surface area contributed by atoms with Crippen LogP contribution in [0.3, 0.4) is 0 Å². The number of rotatable bonds is 1. The summed E-state index contributed by atoms with van der Waals surface area (Å²) in [5.41, 5.74) is 0.564. The van der Waals surface area contributed by atoms with E-state index in [1.807, 2.05) is 0 Å². The molecule has 0 fully saturated rings. The first-order valence-electron chi connectivity index (χ1n) is 3.50. The van der Waals surface area contributed by atoms with Gasteiger partial charge in [0.05, 0.1) is 0 Å². The minimum absolute atomic E-state index is 0.129. The molecule has 2 amide bonds. The van der Waals surface area contributed by atoms with Crippen LogP contribution in [0.25, 0.3) is 0 Å². The normalized spacial score (nSPS) is 9.08. The molecule has 0 aliphatic heterocycles. The molecule has 0 heterocycles. The number of aromatic hydroxyl groups is 1. The fourth-order valence-electron chi connectivity index (χ4n) is 0.777. The molecule has 0 aliphatic rings. The summed E-state index contributed by atoms with van der Waals surface area (Å²) in [4.78, 5) is 10.8. The number of urea groups is 1. The van der Waals surface area contributed by atoms with Crippen LogP contribution < -0.4 is 10.6 Å². The van der Waals surface area contributed by atoms with Gasteiger partial charge in [-0.2, -0.15) is 0 Å². The van der Waals surface area contributed by atoms with Crippen molar-refractivity contribution in [1.82, 2.24) is 5.32 Å². The summed E-state index contributed by atoms with van der Waals surface area (Å²) in [5.74, 6) is 0.129. The van der Waals surface area contributed by atoms with E-state index in [1.165, 1.54) is 19.2 Å². The minimum Gasteiger partial charge on any atom is -0.508 e. The van der Waals surface area contributed by atoms with Gasteiger partial charge < -0.3 is 15.7 Å². The zero-order valence-corrected chi connectivity index (χ0v) is 6.66. The Hall–Kier alpha value is -1.71. The Bertz CT molecular complexity index is 286. The quantitative estimate of drug-likeness (QED) is 0.586. The van der Waals surface area contributed by atoms with E-state index in [0.29, 0.717) is 5.69 Å². The second-order valence-corrected chi connectivity index (χ2v) is 2.25. The maximum atomic E-state index is 10.8. The average Bonchev–Trinajstić information content (AvgIpc) is 2.04. The summed E-state index contributed by atoms with van der Waals surface area (Å²) >= 11 is 0. The molecule has 0 atom stereocenters. The summed E-state index contributed by atoms with van der Waals surface area (Å²) in [6.07, 6.45) is 0. The van der Waals surface area contributed by atoms with Gasteiger partial charge in [-0.3, -0.25) is 0 Å². The third-order valence-electron chi connectivity index (χ3n) is 1.33. The average molecular weight is 166 g/mol. The molecule has 0 unspecified atom stereocenters. The van der Waals surface area contributed by atoms with Crippen LogP contribution in [-0.4, -0.2) is 18.2 Å². The molecule has 12 heavy (non-hydrogen) atoms. The highest BCUT2D eigenvalue weighted by Gasteiger charge is 1.97. The standard InChI is InChI=1S/C8H10N2O2/c1-9-8(12)10-6-3-2-4-7(11)5-6/h2-5,11H,1H3,(H2,9,10,12). The molecule has 0 aromatic heterocycles. The van der Waals surface area contributed by atoms with E-state index in [2.05, 4.69) is 10.6 Å². The first kappa shape index (κ1) is 8.39. The summed E-state index contributed by atoms with van der Waals surface area (Å²) in [5, 5.41) is 14.0. The molecule has 0 aliphatic carbocycles. The molecular formula is C8H10N2O2. The Morgan fingerprint density at radius 3 is 2.83 bits per heavy atom. The summed E-state index contributed by atoms with van der Waals surface area (Å²) < 4.78 is 0. The lowest BCUT2D eigenvalue weighted by atomic mass is 10.3. The number of phenolic OH excluding ortho intramolecular Hbond substituents is 1. The fraction of sp³-hybridized carbons (Fsp3) is 0.125. The largest absolute Gasteiger partial charge is 0.508 e. The van der Waals surface area contributed by atoms with Crippen LogP contribution in [0.15, 0.2) is 24.3 Å². The molecule has 1 rings (SSSR count). The number of benzene rings is 1. The zero-order chi connectivity index (χ0) is 8.97. The zero-order valence-electron chi connectivity index (χ0n) is 6.66. The van der Waals surface area contributed by atoms with Gasteiger partial charge in [0.2, 0.25) is 0 Å². The van der Waals surface area contributed by atoms with Crippen LogP contribution in [-0.2, 0) is 0 Å². The number of nitrogens with one attached hydrogen (secondary N) is 2. The maximum Gasteiger partial charge on any atom is 0.318 e. The molecule has 0 spiro atoms. The van der Waals surface area contributed by atoms with Gasteiger partial charge in [0.15, 0.2) is 0 Å². The van der Waals surface area contributed by atoms with Crippen molar-refractivity contribution < 1.29 is 9.90 Å². The maximum absolute atomic E-state index is 10.8. The SMILES string of the molecule is CNC(=O)Nc1cccc(O)c1. The lowest BCUT2D eigenvalue weighted by Crippen LogP contribution is -2.24. The van der Waals surface area contributed by atoms with E-state index in [0.717, 1.165) is 0 Å². The number of carbonyl (C=O) groups is 1. The molecule has 64 valence electrons. The fourth-order valence-corrected chi connectivity index (χ4v) is 0.777. The van der Waals surface area contributed by atoms with Crippen LogP contribution >= 0.6 is 0 Å². The highest BCUT2D eigenvalue weighted by molar-refractivity contribution is 5.89. The Morgan fingerprint density at radius 1 is 1.50 bits per heavy atom. The summed E-state index contributed by atoms with van der Waals surface area (Å²) in [6, 6.07) is 6.04. The molecular weight excluding hydrogens is 156 g/mol. The number of anilines is 1. The summed E-state index contributed by atoms with van der Waals surface area (Å²) in [6.45, 7) is 0. The smallest absolute Gasteiger partial charge is 0.318 e. The number of carbonyl (C=O) groups excluding carboxylic acids is 1. The van der Waals surface area contributed by atoms with E-state index >= 15 is 0 Å². The third kappa shape index (κ3) is 2.16. The van der Waals surface area contributed by atoms with Gasteiger partial charge in [-0.25, -0.2) is 4.79 Å². The molecule has 0 saturated carbocycles. The van der Waals surface area contributed by atoms with Crippen molar-refractivity contribution in [1.29, 1.82) is 0 Å². The molecule has 0 saturated heterocycles. The number of hydrogen-bond donors (Lipinski definition) is 3. The van der Waals surface area contributed by atoms with E-state index < -0.39 is 0 Å². The van der Waals surface area contributed by atoms with Crippen molar-refractivity contribution in [3.8, 4) is 5.75 Å². The highest BCUT2D eigenvalue weighted by atomic mass is 16.3. The third-order valence-corrected chi connectivity index (χ3v) is 1.33. The first-order chi connectivity index (χ1) is 5.72. The first-order valence-corrected chi connectivity index (χ1v) is 3.50. The van der Waals surface area contributed by atoms with Gasteiger partial charge in [-0.1, -0.05) is 6.07 Å². The number of phenols is 1. The monoisotopic (exact) mass is 166 g/mol. The molecule has 4 nitrogen and oxygen atoms in total. The molecule has 1 aromatic carbocycles. The van der Waals surface area contributed by atoms with E-state index in [9.17, 15) is 4.79 Å². The van der Waals surface area contributed by atoms with Gasteiger partial charge >= 0.3 is 6.03 Å². The van der Waals surface area contributed by atoms with Crippen LogP contribution in [0.2, 0.25) is 0 Å². The predicted octanol–water partition coefficient (Wildman–Crippen LogP) is 1.14. The Kier molecular flexibility index (Phi) is 2.53. The van der Waals surface area contributed by atoms with E-state index in [4.69, 9.17) is 5.11 Å². The van der Waals surface area contributed by atoms with Crippen molar-refractivity contribution in [3.05, 3.63) is 24.3 Å². The van der Waals surface area contributed by atoms with Gasteiger partial charge in [0.25, 0.3) is 0 Å². The molecule has 0 radical (unpaired) electrons. The second kappa shape index (κ2) is 3.61. The lowest BCUT2D eigenvalue weighted by molar-refractivity contribution is 0.254. The molecule has 0 bridgehead atoms. The highest BCUT2D eigenvalue weighted by Crippen LogP contribution is 2.14. The van der Waals surface area contributed by atoms with Gasteiger partial charge in [-0.15, -0.1) is 0 Å². The van der Waals surface area contributed by atoms with Crippen molar-refractivity contribution in [2.75, 3.05) is 12.4 Å². The Morgan fingerprint density at radius 2 is 2.25 bits per heavy atom. The van der Waals surface area contributed by atoms with E-state index in [-0.39, 0.29) is 11.8 Å². The molecule has 1 aromatic rings. The van der Waals surface area contributed by atoms with E-state index in [1.54, 1.807) is 12.1 Å². The number of hydrogen-bond acceptors (Lipinski definition) is 2. The van der Waals surface area contributed by atoms with Crippen LogP contribution in [0.4, 0.5) is 10.5 Å². The molecule has 4 heteroatoms. The van der Waals surface area contributed by atoms with Crippen molar-refractivity contribution in [2.24, 2.45) is 0 Å². The minimum atomic E-state index is -0.305. The lowest BCUT2D eigenvalue weighted by Gasteiger charge is -2.03. The predicted molar refractivity (Wildman–Crippen MR) is 46.2 cm³/mol. The summed E-state index contributed by atoms with van der Waals surface area (Å²) in [7, 11) is 1.53. The number of amides is 2. The van der Waals surface area contributed by atoms with Gasteiger partial charge in [-0.05, 0) is 12.1 Å². The topological polar surface area (TPSA) is 61.4 Å². The van der Waals surface area contributed by atoms with Crippen LogP contribution in [0.5, 0.6) is 5.75 Å². The van der Waals surface area contributed by atoms with Crippen LogP contribution in [0.1, 0.15) is 0 Å². The Labute approximate surface area is 70.2 Å². The van der Waals surface area contributed by atoms with Crippen LogP contribution in [0, 0.1) is 0 Å². The molecule has 3 N–H and O–H groups in total. The Balaban J connectivity index is 2.69.